The molecule has 1 saturated heterocycles. The van der Waals surface area contributed by atoms with E-state index >= 15 is 0 Å². The number of nitrogens with one attached hydrogen (secondary N) is 1. The normalized spacial score (nSPS) is 19.2. The van der Waals surface area contributed by atoms with E-state index < -0.39 is 0 Å². The van der Waals surface area contributed by atoms with Gasteiger partial charge in [0.15, 0.2) is 16.7 Å². The zero-order chi connectivity index (χ0) is 15.2. The summed E-state index contributed by atoms with van der Waals surface area (Å²) in [5.41, 5.74) is 1.08. The summed E-state index contributed by atoms with van der Waals surface area (Å²) < 4.78 is 16.1. The third kappa shape index (κ3) is 3.44. The van der Waals surface area contributed by atoms with E-state index in [1.54, 1.807) is 39.2 Å². The van der Waals surface area contributed by atoms with Crippen molar-refractivity contribution in [1.29, 1.82) is 0 Å². The minimum Gasteiger partial charge on any atom is -0.493 e. The molecule has 1 atom stereocenters. The molecule has 0 radical (unpaired) electrons. The molecule has 1 heterocycles. The fourth-order valence-corrected chi connectivity index (χ4v) is 3.11. The summed E-state index contributed by atoms with van der Waals surface area (Å²) in [6.45, 7) is 4.29. The van der Waals surface area contributed by atoms with Crippen LogP contribution in [0.15, 0.2) is 29.8 Å². The summed E-state index contributed by atoms with van der Waals surface area (Å²) in [4.78, 5) is 4.40. The van der Waals surface area contributed by atoms with Crippen LogP contribution in [0.25, 0.3) is 0 Å². The lowest BCUT2D eigenvalue weighted by atomic mass is 10.1. The first-order chi connectivity index (χ1) is 10.2. The number of thioether (sulfide) groups is 1. The van der Waals surface area contributed by atoms with Gasteiger partial charge in [-0.3, -0.25) is 4.99 Å². The number of nitrogens with zero attached hydrogens (tertiary/aromatic N) is 1. The first kappa shape index (κ1) is 15.6. The quantitative estimate of drug-likeness (QED) is 0.819. The highest BCUT2D eigenvalue weighted by atomic mass is 32.2. The Morgan fingerprint density at radius 1 is 1.29 bits per heavy atom. The summed E-state index contributed by atoms with van der Waals surface area (Å²) >= 11 is 1.70. The maximum absolute atomic E-state index is 5.39. The Bertz CT molecular complexity index is 521. The number of hydrogen-bond acceptors (Lipinski definition) is 5. The summed E-state index contributed by atoms with van der Waals surface area (Å²) in [5, 5.41) is 4.33. The Labute approximate surface area is 129 Å². The van der Waals surface area contributed by atoms with E-state index in [-0.39, 0.29) is 6.04 Å². The second-order valence-corrected chi connectivity index (χ2v) is 5.41. The molecule has 0 spiro atoms. The van der Waals surface area contributed by atoms with Gasteiger partial charge in [0.25, 0.3) is 0 Å². The average molecular weight is 308 g/mol. The van der Waals surface area contributed by atoms with Crippen LogP contribution in [-0.4, -0.2) is 38.8 Å². The Balaban J connectivity index is 2.26. The third-order valence-corrected chi connectivity index (χ3v) is 4.16. The number of amidine groups is 1. The SMILES string of the molecule is C=CCN=C1N[C@@H](c2cc(OC)c(OC)c(OC)c2)CS1. The van der Waals surface area contributed by atoms with Crippen molar-refractivity contribution in [1.82, 2.24) is 5.32 Å². The number of ether oxygens (including phenoxy) is 3. The topological polar surface area (TPSA) is 52.1 Å². The largest absolute Gasteiger partial charge is 0.493 e. The summed E-state index contributed by atoms with van der Waals surface area (Å²) in [5.74, 6) is 2.84. The molecule has 1 aliphatic rings. The maximum Gasteiger partial charge on any atom is 0.203 e. The lowest BCUT2D eigenvalue weighted by molar-refractivity contribution is 0.323. The molecule has 5 nitrogen and oxygen atoms in total. The predicted octanol–water partition coefficient (Wildman–Crippen LogP) is 2.63. The summed E-state index contributed by atoms with van der Waals surface area (Å²) in [7, 11) is 4.84. The van der Waals surface area contributed by atoms with Crippen LogP contribution in [0.3, 0.4) is 0 Å². The van der Waals surface area contributed by atoms with Crippen LogP contribution in [-0.2, 0) is 0 Å². The van der Waals surface area contributed by atoms with Crippen molar-refractivity contribution in [2.45, 2.75) is 6.04 Å². The number of rotatable bonds is 6. The van der Waals surface area contributed by atoms with E-state index in [2.05, 4.69) is 16.9 Å². The van der Waals surface area contributed by atoms with Gasteiger partial charge in [-0.15, -0.1) is 6.58 Å². The van der Waals surface area contributed by atoms with E-state index in [0.717, 1.165) is 16.5 Å². The molecule has 0 aromatic heterocycles. The lowest BCUT2D eigenvalue weighted by Crippen LogP contribution is -2.19. The molecular weight excluding hydrogens is 288 g/mol. The molecule has 1 fully saturated rings. The van der Waals surface area contributed by atoms with Gasteiger partial charge >= 0.3 is 0 Å². The molecule has 1 N–H and O–H groups in total. The minimum atomic E-state index is 0.173. The van der Waals surface area contributed by atoms with Gasteiger partial charge < -0.3 is 19.5 Å². The predicted molar refractivity (Wildman–Crippen MR) is 86.9 cm³/mol. The Morgan fingerprint density at radius 3 is 2.48 bits per heavy atom. The number of benzene rings is 1. The number of methoxy groups -OCH3 is 3. The fourth-order valence-electron chi connectivity index (χ4n) is 2.12. The van der Waals surface area contributed by atoms with E-state index in [1.807, 2.05) is 12.1 Å². The number of aliphatic imine (C=N–C) groups is 1. The zero-order valence-corrected chi connectivity index (χ0v) is 13.3. The van der Waals surface area contributed by atoms with Crippen molar-refractivity contribution < 1.29 is 14.2 Å². The number of hydrogen-bond donors (Lipinski definition) is 1. The van der Waals surface area contributed by atoms with Crippen molar-refractivity contribution in [3.63, 3.8) is 0 Å². The molecule has 2 rings (SSSR count). The molecule has 21 heavy (non-hydrogen) atoms. The maximum atomic E-state index is 5.39. The van der Waals surface area contributed by atoms with Gasteiger partial charge in [-0.1, -0.05) is 17.8 Å². The highest BCUT2D eigenvalue weighted by molar-refractivity contribution is 8.14. The Morgan fingerprint density at radius 2 is 1.95 bits per heavy atom. The van der Waals surface area contributed by atoms with Gasteiger partial charge in [0, 0.05) is 5.75 Å². The molecule has 1 aromatic carbocycles. The van der Waals surface area contributed by atoms with Crippen LogP contribution in [0.4, 0.5) is 0 Å². The first-order valence-corrected chi connectivity index (χ1v) is 7.56. The van der Waals surface area contributed by atoms with Crippen molar-refractivity contribution in [3.8, 4) is 17.2 Å². The van der Waals surface area contributed by atoms with Crippen LogP contribution in [0.1, 0.15) is 11.6 Å². The van der Waals surface area contributed by atoms with Gasteiger partial charge in [-0.05, 0) is 17.7 Å². The second-order valence-electron chi connectivity index (χ2n) is 4.40. The molecule has 6 heteroatoms. The molecular formula is C15H20N2O3S. The minimum absolute atomic E-state index is 0.173. The highest BCUT2D eigenvalue weighted by Crippen LogP contribution is 2.41. The molecule has 114 valence electrons. The molecule has 0 unspecified atom stereocenters. The van der Waals surface area contributed by atoms with Gasteiger partial charge in [0.05, 0.1) is 33.9 Å². The monoisotopic (exact) mass is 308 g/mol. The van der Waals surface area contributed by atoms with Crippen molar-refractivity contribution in [2.75, 3.05) is 33.6 Å². The molecule has 1 aliphatic heterocycles. The van der Waals surface area contributed by atoms with Crippen LogP contribution < -0.4 is 19.5 Å². The van der Waals surface area contributed by atoms with Crippen molar-refractivity contribution in [3.05, 3.63) is 30.4 Å². The molecule has 0 amide bonds. The first-order valence-electron chi connectivity index (χ1n) is 6.58. The molecule has 0 bridgehead atoms. The van der Waals surface area contributed by atoms with Crippen LogP contribution in [0, 0.1) is 0 Å². The standard InChI is InChI=1S/C15H20N2O3S/c1-5-6-16-15-17-11(9-21-15)10-7-12(18-2)14(20-4)13(8-10)19-3/h5,7-8,11H,1,6,9H2,2-4H3,(H,16,17)/t11-/m1/s1. The van der Waals surface area contributed by atoms with Gasteiger partial charge in [0.1, 0.15) is 0 Å². The Kier molecular flexibility index (Phi) is 5.38. The molecule has 1 aromatic rings. The third-order valence-electron chi connectivity index (χ3n) is 3.14. The van der Waals surface area contributed by atoms with Gasteiger partial charge in [-0.25, -0.2) is 0 Å². The summed E-state index contributed by atoms with van der Waals surface area (Å²) in [6, 6.07) is 4.11. The lowest BCUT2D eigenvalue weighted by Gasteiger charge is -2.17. The van der Waals surface area contributed by atoms with Crippen molar-refractivity contribution in [2.24, 2.45) is 4.99 Å². The van der Waals surface area contributed by atoms with Crippen LogP contribution in [0.5, 0.6) is 17.2 Å². The summed E-state index contributed by atoms with van der Waals surface area (Å²) in [6.07, 6.45) is 1.78. The van der Waals surface area contributed by atoms with E-state index in [4.69, 9.17) is 14.2 Å². The van der Waals surface area contributed by atoms with Gasteiger partial charge in [-0.2, -0.15) is 0 Å². The smallest absolute Gasteiger partial charge is 0.203 e. The van der Waals surface area contributed by atoms with Gasteiger partial charge in [0.2, 0.25) is 5.75 Å². The Hall–Kier alpha value is -1.82. The fraction of sp³-hybridized carbons (Fsp3) is 0.400. The second kappa shape index (κ2) is 7.26. The average Bonchev–Trinajstić information content (AvgIpc) is 3.00. The highest BCUT2D eigenvalue weighted by Gasteiger charge is 2.24. The van der Waals surface area contributed by atoms with Crippen LogP contribution in [0.2, 0.25) is 0 Å². The van der Waals surface area contributed by atoms with E-state index in [9.17, 15) is 0 Å². The molecule has 0 saturated carbocycles. The van der Waals surface area contributed by atoms with Crippen molar-refractivity contribution >= 4 is 16.9 Å². The zero-order valence-electron chi connectivity index (χ0n) is 12.5. The van der Waals surface area contributed by atoms with E-state index in [1.165, 1.54) is 0 Å². The molecule has 0 aliphatic carbocycles. The van der Waals surface area contributed by atoms with E-state index in [0.29, 0.717) is 23.8 Å². The van der Waals surface area contributed by atoms with Crippen LogP contribution >= 0.6 is 11.8 Å².